The Labute approximate surface area is 270 Å². The average molecular weight is 639 g/mol. The highest BCUT2D eigenvalue weighted by atomic mass is 35.5. The normalized spacial score (nSPS) is 24.9. The molecule has 4 amide bonds. The number of halogens is 2. The van der Waals surface area contributed by atoms with E-state index < -0.39 is 45.3 Å². The summed E-state index contributed by atoms with van der Waals surface area (Å²) in [7, 11) is 0. The third-order valence-electron chi connectivity index (χ3n) is 9.41. The van der Waals surface area contributed by atoms with E-state index in [0.29, 0.717) is 39.2 Å². The van der Waals surface area contributed by atoms with Gasteiger partial charge in [0.1, 0.15) is 15.8 Å². The average Bonchev–Trinajstić information content (AvgIpc) is 3.31. The number of anilines is 2. The second kappa shape index (κ2) is 10.3. The number of carbonyl (C=O) groups is 4. The quantitative estimate of drug-likeness (QED) is 0.193. The molecule has 1 heterocycles. The first-order valence-electron chi connectivity index (χ1n) is 14.7. The third kappa shape index (κ3) is 4.10. The predicted molar refractivity (Wildman–Crippen MR) is 173 cm³/mol. The van der Waals surface area contributed by atoms with Gasteiger partial charge in [0, 0.05) is 16.9 Å². The largest absolute Gasteiger partial charge is 0.324 e. The lowest BCUT2D eigenvalue weighted by Gasteiger charge is -2.54. The van der Waals surface area contributed by atoms with Crippen molar-refractivity contribution in [2.24, 2.45) is 11.8 Å². The Hall–Kier alpha value is -4.46. The van der Waals surface area contributed by atoms with Crippen LogP contribution in [0.3, 0.4) is 0 Å². The van der Waals surface area contributed by atoms with Crippen LogP contribution < -0.4 is 10.6 Å². The molecule has 0 radical (unpaired) electrons. The second-order valence-electron chi connectivity index (χ2n) is 12.0. The van der Waals surface area contributed by atoms with Gasteiger partial charge in [-0.3, -0.25) is 24.1 Å². The second-order valence-corrected chi connectivity index (χ2v) is 13.2. The molecule has 1 fully saturated rings. The molecule has 4 aromatic rings. The van der Waals surface area contributed by atoms with Gasteiger partial charge >= 0.3 is 0 Å². The Balaban J connectivity index is 1.16. The number of alkyl halides is 2. The van der Waals surface area contributed by atoms with Gasteiger partial charge in [0.2, 0.25) is 17.7 Å². The topological polar surface area (TPSA) is 95.6 Å². The Morgan fingerprint density at radius 1 is 0.733 bits per heavy atom. The van der Waals surface area contributed by atoms with Crippen LogP contribution >= 0.6 is 23.2 Å². The Kier molecular flexibility index (Phi) is 6.69. The van der Waals surface area contributed by atoms with Crippen LogP contribution in [0.5, 0.6) is 0 Å². The van der Waals surface area contributed by atoms with Crippen molar-refractivity contribution in [2.75, 3.05) is 10.6 Å². The number of benzene rings is 4. The fourth-order valence-electron chi connectivity index (χ4n) is 7.32. The van der Waals surface area contributed by atoms with Crippen molar-refractivity contribution in [1.82, 2.24) is 4.90 Å². The van der Waals surface area contributed by atoms with E-state index in [1.165, 1.54) is 6.92 Å². The molecule has 1 saturated heterocycles. The van der Waals surface area contributed by atoms with Gasteiger partial charge in [0.05, 0.1) is 11.8 Å². The first kappa shape index (κ1) is 29.3. The minimum absolute atomic E-state index is 0.333. The van der Waals surface area contributed by atoms with E-state index in [4.69, 9.17) is 23.2 Å². The highest BCUT2D eigenvalue weighted by molar-refractivity contribution is 6.36. The smallest absolute Gasteiger partial charge is 0.255 e. The summed E-state index contributed by atoms with van der Waals surface area (Å²) in [6.07, 6.45) is 0. The van der Waals surface area contributed by atoms with Gasteiger partial charge in [-0.05, 0) is 72.9 Å². The number of nitrogens with zero attached hydrogens (tertiary/aromatic N) is 1. The summed E-state index contributed by atoms with van der Waals surface area (Å²) in [6, 6.07) is 25.8. The summed E-state index contributed by atoms with van der Waals surface area (Å²) in [4.78, 5) is 53.4. The van der Waals surface area contributed by atoms with E-state index >= 15 is 0 Å². The third-order valence-corrected chi connectivity index (χ3v) is 10.7. The first-order chi connectivity index (χ1) is 21.5. The van der Waals surface area contributed by atoms with E-state index in [0.717, 1.165) is 16.0 Å². The molecule has 7 nitrogen and oxygen atoms in total. The molecule has 45 heavy (non-hydrogen) atoms. The lowest BCUT2D eigenvalue weighted by molar-refractivity contribution is -0.146. The molecule has 4 aromatic carbocycles. The molecule has 0 spiro atoms. The molecule has 9 heteroatoms. The summed E-state index contributed by atoms with van der Waals surface area (Å²) in [6.45, 7) is 5.40. The number of likely N-dealkylation sites (tertiary alicyclic amines) is 1. The van der Waals surface area contributed by atoms with Crippen molar-refractivity contribution >= 4 is 58.2 Å². The van der Waals surface area contributed by atoms with Gasteiger partial charge in [-0.25, -0.2) is 0 Å². The maximum atomic E-state index is 14.2. The summed E-state index contributed by atoms with van der Waals surface area (Å²) in [5.74, 6) is -4.01. The molecule has 8 rings (SSSR count). The summed E-state index contributed by atoms with van der Waals surface area (Å²) >= 11 is 15.0. The van der Waals surface area contributed by atoms with Crippen molar-refractivity contribution in [1.29, 1.82) is 0 Å². The number of nitrogens with one attached hydrogen (secondary N) is 2. The molecule has 2 bridgehead atoms. The highest BCUT2D eigenvalue weighted by Crippen LogP contribution is 2.69. The number of hydrogen-bond acceptors (Lipinski definition) is 4. The number of hydrogen-bond donors (Lipinski definition) is 2. The summed E-state index contributed by atoms with van der Waals surface area (Å²) in [5.41, 5.74) is 6.15. The van der Waals surface area contributed by atoms with E-state index in [1.54, 1.807) is 24.3 Å². The van der Waals surface area contributed by atoms with Gasteiger partial charge < -0.3 is 10.6 Å². The Morgan fingerprint density at radius 2 is 1.27 bits per heavy atom. The van der Waals surface area contributed by atoms with Crippen LogP contribution in [0.4, 0.5) is 11.4 Å². The first-order valence-corrected chi connectivity index (χ1v) is 15.5. The lowest BCUT2D eigenvalue weighted by Crippen LogP contribution is -2.57. The number of aryl methyl sites for hydroxylation is 2. The lowest BCUT2D eigenvalue weighted by atomic mass is 9.54. The minimum Gasteiger partial charge on any atom is -0.324 e. The van der Waals surface area contributed by atoms with Gasteiger partial charge in [-0.2, -0.15) is 0 Å². The molecular formula is C36H29Cl2N3O4. The molecule has 4 aliphatic rings. The molecular weight excluding hydrogens is 609 g/mol. The van der Waals surface area contributed by atoms with Crippen LogP contribution in [0.1, 0.15) is 50.7 Å². The van der Waals surface area contributed by atoms with Crippen molar-refractivity contribution in [3.63, 3.8) is 0 Å². The fourth-order valence-corrected chi connectivity index (χ4v) is 8.42. The van der Waals surface area contributed by atoms with Crippen molar-refractivity contribution < 1.29 is 19.2 Å². The predicted octanol–water partition coefficient (Wildman–Crippen LogP) is 6.48. The van der Waals surface area contributed by atoms with Gasteiger partial charge in [-0.15, -0.1) is 23.2 Å². The molecule has 3 aliphatic carbocycles. The van der Waals surface area contributed by atoms with Crippen LogP contribution in [0, 0.1) is 25.7 Å². The molecule has 0 aromatic heterocycles. The standard InChI is InChI=1S/C36H29Cl2N3O4/c1-19-15-16-28(20(2)17-19)40-32(43)22-9-8-10-23(18-22)39-31(42)21(3)41-33(44)29-30(34(41)45)36(38)25-12-5-4-11-24(25)35(29,37)26-13-6-7-14-27(26)36/h4-18,21,29-30H,1-3H3,(H,39,42)(H,40,43)/t21-,29-,30+,35?,36?/m1/s1. The molecule has 3 atom stereocenters. The van der Waals surface area contributed by atoms with Crippen LogP contribution in [0.15, 0.2) is 91.0 Å². The van der Waals surface area contributed by atoms with Gasteiger partial charge in [-0.1, -0.05) is 72.3 Å². The zero-order valence-corrected chi connectivity index (χ0v) is 26.2. The Bertz CT molecular complexity index is 1830. The van der Waals surface area contributed by atoms with E-state index in [1.807, 2.05) is 80.6 Å². The molecule has 226 valence electrons. The zero-order valence-electron chi connectivity index (χ0n) is 24.7. The van der Waals surface area contributed by atoms with Gasteiger partial charge in [0.15, 0.2) is 0 Å². The number of rotatable bonds is 5. The molecule has 0 unspecified atom stereocenters. The summed E-state index contributed by atoms with van der Waals surface area (Å²) < 4.78 is 0. The van der Waals surface area contributed by atoms with Crippen LogP contribution in [-0.2, 0) is 24.1 Å². The van der Waals surface area contributed by atoms with Crippen molar-refractivity contribution in [3.8, 4) is 0 Å². The zero-order chi connectivity index (χ0) is 31.8. The monoisotopic (exact) mass is 637 g/mol. The molecule has 2 N–H and O–H groups in total. The SMILES string of the molecule is Cc1ccc(NC(=O)c2cccc(NC(=O)[C@@H](C)N3C(=O)[C@@H]4[C@H](C3=O)C3(Cl)c5ccccc5C4(Cl)c4ccccc43)c2)c(C)c1. The molecule has 1 aliphatic heterocycles. The van der Waals surface area contributed by atoms with Crippen LogP contribution in [0.25, 0.3) is 0 Å². The number of carbonyl (C=O) groups excluding carboxylic acids is 4. The van der Waals surface area contributed by atoms with E-state index in [2.05, 4.69) is 10.6 Å². The number of amides is 4. The maximum Gasteiger partial charge on any atom is 0.255 e. The van der Waals surface area contributed by atoms with Crippen LogP contribution in [0.2, 0.25) is 0 Å². The van der Waals surface area contributed by atoms with Crippen LogP contribution in [-0.4, -0.2) is 34.6 Å². The number of imide groups is 1. The minimum atomic E-state index is -1.33. The van der Waals surface area contributed by atoms with Crippen molar-refractivity contribution in [3.05, 3.63) is 130 Å². The Morgan fingerprint density at radius 3 is 1.78 bits per heavy atom. The highest BCUT2D eigenvalue weighted by Gasteiger charge is 2.73. The summed E-state index contributed by atoms with van der Waals surface area (Å²) in [5, 5.41) is 5.68. The van der Waals surface area contributed by atoms with Gasteiger partial charge in [0.25, 0.3) is 5.91 Å². The fraction of sp³-hybridized carbons (Fsp3) is 0.222. The van der Waals surface area contributed by atoms with Crippen molar-refractivity contribution in [2.45, 2.75) is 36.6 Å². The maximum absolute atomic E-state index is 14.2. The van der Waals surface area contributed by atoms with E-state index in [-0.39, 0.29) is 5.91 Å². The van der Waals surface area contributed by atoms with E-state index in [9.17, 15) is 19.2 Å². The molecule has 0 saturated carbocycles.